The van der Waals surface area contributed by atoms with Gasteiger partial charge in [0, 0.05) is 50.3 Å². The third-order valence-corrected chi connectivity index (χ3v) is 4.92. The SMILES string of the molecule is c1cncc(-c2ccnc(N3CCN(c4cnc5ccccc5n4)CC3)n2)c1. The van der Waals surface area contributed by atoms with E-state index in [2.05, 4.69) is 24.8 Å². The topological polar surface area (TPSA) is 70.9 Å². The number of pyridine rings is 1. The van der Waals surface area contributed by atoms with Gasteiger partial charge in [-0.25, -0.2) is 15.0 Å². The van der Waals surface area contributed by atoms with E-state index in [1.54, 1.807) is 6.20 Å². The van der Waals surface area contributed by atoms with Gasteiger partial charge in [0.15, 0.2) is 0 Å². The van der Waals surface area contributed by atoms with Gasteiger partial charge in [0.25, 0.3) is 0 Å². The van der Waals surface area contributed by atoms with Crippen molar-refractivity contribution in [1.82, 2.24) is 24.9 Å². The predicted molar refractivity (Wildman–Crippen MR) is 109 cm³/mol. The minimum atomic E-state index is 0.755. The summed E-state index contributed by atoms with van der Waals surface area (Å²) in [5, 5.41) is 0. The summed E-state index contributed by atoms with van der Waals surface area (Å²) in [7, 11) is 0. The molecule has 7 nitrogen and oxygen atoms in total. The van der Waals surface area contributed by atoms with Gasteiger partial charge in [-0.1, -0.05) is 12.1 Å². The summed E-state index contributed by atoms with van der Waals surface area (Å²) in [5.41, 5.74) is 3.73. The zero-order chi connectivity index (χ0) is 18.8. The van der Waals surface area contributed by atoms with Crippen LogP contribution in [0.1, 0.15) is 0 Å². The van der Waals surface area contributed by atoms with Crippen LogP contribution in [0, 0.1) is 0 Å². The molecule has 0 atom stereocenters. The van der Waals surface area contributed by atoms with Gasteiger partial charge in [-0.3, -0.25) is 9.97 Å². The smallest absolute Gasteiger partial charge is 0.225 e. The molecule has 0 aliphatic carbocycles. The van der Waals surface area contributed by atoms with E-state index >= 15 is 0 Å². The number of benzene rings is 1. The van der Waals surface area contributed by atoms with Crippen LogP contribution in [0.25, 0.3) is 22.3 Å². The van der Waals surface area contributed by atoms with Crippen molar-refractivity contribution in [2.24, 2.45) is 0 Å². The van der Waals surface area contributed by atoms with E-state index in [4.69, 9.17) is 9.97 Å². The summed E-state index contributed by atoms with van der Waals surface area (Å²) >= 11 is 0. The normalized spacial score (nSPS) is 14.4. The summed E-state index contributed by atoms with van der Waals surface area (Å²) in [6, 6.07) is 13.8. The van der Waals surface area contributed by atoms with Gasteiger partial charge in [0.1, 0.15) is 5.82 Å². The fraction of sp³-hybridized carbons (Fsp3) is 0.190. The second-order valence-electron chi connectivity index (χ2n) is 6.67. The van der Waals surface area contributed by atoms with Gasteiger partial charge in [-0.2, -0.15) is 0 Å². The molecule has 0 N–H and O–H groups in total. The first-order valence-electron chi connectivity index (χ1n) is 9.32. The number of hydrogen-bond donors (Lipinski definition) is 0. The maximum Gasteiger partial charge on any atom is 0.225 e. The van der Waals surface area contributed by atoms with Crippen molar-refractivity contribution in [3.05, 3.63) is 67.3 Å². The summed E-state index contributed by atoms with van der Waals surface area (Å²) in [5.74, 6) is 1.67. The first-order chi connectivity index (χ1) is 13.9. The average molecular weight is 369 g/mol. The fourth-order valence-corrected chi connectivity index (χ4v) is 3.41. The maximum atomic E-state index is 4.76. The molecule has 0 saturated carbocycles. The third-order valence-electron chi connectivity index (χ3n) is 4.92. The van der Waals surface area contributed by atoms with E-state index in [9.17, 15) is 0 Å². The van der Waals surface area contributed by atoms with Gasteiger partial charge < -0.3 is 9.80 Å². The standard InChI is InChI=1S/C21H19N7/c1-2-6-19-18(5-1)24-15-20(25-19)27-10-12-28(13-11-27)21-23-9-7-17(26-21)16-4-3-8-22-14-16/h1-9,14-15H,10-13H2. The minimum Gasteiger partial charge on any atom is -0.352 e. The Bertz CT molecular complexity index is 1090. The molecule has 5 rings (SSSR count). The summed E-state index contributed by atoms with van der Waals surface area (Å²) in [6.07, 6.45) is 7.26. The van der Waals surface area contributed by atoms with E-state index in [0.29, 0.717) is 0 Å². The molecule has 4 heterocycles. The Balaban J connectivity index is 1.32. The van der Waals surface area contributed by atoms with Crippen molar-refractivity contribution in [3.63, 3.8) is 0 Å². The van der Waals surface area contributed by atoms with Crippen LogP contribution in [0.15, 0.2) is 67.3 Å². The summed E-state index contributed by atoms with van der Waals surface area (Å²) in [6.45, 7) is 3.39. The first kappa shape index (κ1) is 16.6. The molecule has 1 fully saturated rings. The molecule has 0 unspecified atom stereocenters. The van der Waals surface area contributed by atoms with E-state index in [-0.39, 0.29) is 0 Å². The zero-order valence-electron chi connectivity index (χ0n) is 15.3. The second kappa shape index (κ2) is 7.19. The molecule has 3 aromatic heterocycles. The molecule has 0 spiro atoms. The van der Waals surface area contributed by atoms with Gasteiger partial charge in [-0.15, -0.1) is 0 Å². The van der Waals surface area contributed by atoms with Crippen LogP contribution in [0.5, 0.6) is 0 Å². The van der Waals surface area contributed by atoms with Gasteiger partial charge in [0.05, 0.1) is 22.9 Å². The lowest BCUT2D eigenvalue weighted by molar-refractivity contribution is 0.635. The number of piperazine rings is 1. The Labute approximate surface area is 162 Å². The highest BCUT2D eigenvalue weighted by molar-refractivity contribution is 5.75. The second-order valence-corrected chi connectivity index (χ2v) is 6.67. The Kier molecular flexibility index (Phi) is 4.25. The minimum absolute atomic E-state index is 0.755. The Morgan fingerprint density at radius 2 is 1.50 bits per heavy atom. The number of rotatable bonds is 3. The van der Waals surface area contributed by atoms with E-state index in [1.807, 2.05) is 61.1 Å². The Morgan fingerprint density at radius 3 is 2.32 bits per heavy atom. The number of para-hydroxylation sites is 2. The molecular formula is C21H19N7. The largest absolute Gasteiger partial charge is 0.352 e. The Morgan fingerprint density at radius 1 is 0.679 bits per heavy atom. The number of anilines is 2. The predicted octanol–water partition coefficient (Wildman–Crippen LogP) is 2.81. The first-order valence-corrected chi connectivity index (χ1v) is 9.32. The van der Waals surface area contributed by atoms with Crippen molar-refractivity contribution < 1.29 is 0 Å². The molecule has 1 aliphatic rings. The molecule has 0 bridgehead atoms. The number of nitrogens with zero attached hydrogens (tertiary/aromatic N) is 7. The summed E-state index contributed by atoms with van der Waals surface area (Å²) < 4.78 is 0. The van der Waals surface area contributed by atoms with Crippen LogP contribution in [0.3, 0.4) is 0 Å². The van der Waals surface area contributed by atoms with E-state index in [0.717, 1.165) is 60.2 Å². The highest BCUT2D eigenvalue weighted by atomic mass is 15.3. The monoisotopic (exact) mass is 369 g/mol. The van der Waals surface area contributed by atoms with Gasteiger partial charge in [-0.05, 0) is 30.3 Å². The fourth-order valence-electron chi connectivity index (χ4n) is 3.41. The van der Waals surface area contributed by atoms with Crippen molar-refractivity contribution >= 4 is 22.8 Å². The zero-order valence-corrected chi connectivity index (χ0v) is 15.3. The molecule has 0 radical (unpaired) electrons. The van der Waals surface area contributed by atoms with Crippen LogP contribution in [0.4, 0.5) is 11.8 Å². The number of hydrogen-bond acceptors (Lipinski definition) is 7. The van der Waals surface area contributed by atoms with Crippen molar-refractivity contribution in [2.75, 3.05) is 36.0 Å². The lowest BCUT2D eigenvalue weighted by Gasteiger charge is -2.35. The maximum absolute atomic E-state index is 4.76. The van der Waals surface area contributed by atoms with Crippen LogP contribution in [0.2, 0.25) is 0 Å². The van der Waals surface area contributed by atoms with Gasteiger partial charge >= 0.3 is 0 Å². The lowest BCUT2D eigenvalue weighted by Crippen LogP contribution is -2.47. The van der Waals surface area contributed by atoms with Crippen LogP contribution >= 0.6 is 0 Å². The quantitative estimate of drug-likeness (QED) is 0.550. The van der Waals surface area contributed by atoms with Crippen molar-refractivity contribution in [3.8, 4) is 11.3 Å². The summed E-state index contributed by atoms with van der Waals surface area (Å²) in [4.78, 5) is 27.1. The Hall–Kier alpha value is -3.61. The molecule has 28 heavy (non-hydrogen) atoms. The highest BCUT2D eigenvalue weighted by Gasteiger charge is 2.20. The molecule has 0 amide bonds. The molecule has 7 heteroatoms. The number of aromatic nitrogens is 5. The molecule has 138 valence electrons. The van der Waals surface area contributed by atoms with Crippen LogP contribution < -0.4 is 9.80 Å². The third kappa shape index (κ3) is 3.22. The van der Waals surface area contributed by atoms with Crippen molar-refractivity contribution in [2.45, 2.75) is 0 Å². The molecular weight excluding hydrogens is 350 g/mol. The van der Waals surface area contributed by atoms with E-state index in [1.165, 1.54) is 0 Å². The molecule has 1 aliphatic heterocycles. The van der Waals surface area contributed by atoms with E-state index < -0.39 is 0 Å². The highest BCUT2D eigenvalue weighted by Crippen LogP contribution is 2.21. The van der Waals surface area contributed by atoms with Crippen molar-refractivity contribution in [1.29, 1.82) is 0 Å². The molecule has 1 aromatic carbocycles. The molecule has 1 saturated heterocycles. The lowest BCUT2D eigenvalue weighted by atomic mass is 10.2. The molecule has 4 aromatic rings. The van der Waals surface area contributed by atoms with Crippen LogP contribution in [-0.4, -0.2) is 51.1 Å². The average Bonchev–Trinajstić information content (AvgIpc) is 2.79. The van der Waals surface area contributed by atoms with Crippen LogP contribution in [-0.2, 0) is 0 Å². The van der Waals surface area contributed by atoms with Gasteiger partial charge in [0.2, 0.25) is 5.95 Å². The number of fused-ring (bicyclic) bond motifs is 1.